The number of halogens is 1. The Morgan fingerprint density at radius 1 is 1.07 bits per heavy atom. The summed E-state index contributed by atoms with van der Waals surface area (Å²) in [4.78, 5) is 24.2. The number of anilines is 1. The third kappa shape index (κ3) is 5.18. The fourth-order valence-corrected chi connectivity index (χ4v) is 3.00. The lowest BCUT2D eigenvalue weighted by molar-refractivity contribution is -0.149. The van der Waals surface area contributed by atoms with Crippen LogP contribution in [-0.2, 0) is 14.3 Å². The summed E-state index contributed by atoms with van der Waals surface area (Å²) in [6.45, 7) is -0.718. The Morgan fingerprint density at radius 3 is 2.50 bits per heavy atom. The number of aromatic nitrogens is 2. The minimum Gasteiger partial charge on any atom is -0.482 e. The fraction of sp³-hybridized carbons (Fsp3) is 0.227. The SMILES string of the molecule is O=C(COC(=O)COc1ccc(Cl)cc1)Nc1cc(C2CC2)nn1-c1ccccc1. The summed E-state index contributed by atoms with van der Waals surface area (Å²) in [5.41, 5.74) is 1.79. The van der Waals surface area contributed by atoms with E-state index < -0.39 is 18.5 Å². The van der Waals surface area contributed by atoms with Crippen LogP contribution >= 0.6 is 11.6 Å². The van der Waals surface area contributed by atoms with E-state index in [0.717, 1.165) is 24.2 Å². The standard InChI is InChI=1S/C22H20ClN3O4/c23-16-8-10-18(11-9-16)29-14-22(28)30-13-21(27)24-20-12-19(15-6-7-15)25-26(20)17-4-2-1-3-5-17/h1-5,8-12,15H,6-7,13-14H2,(H,24,27). The number of hydrogen-bond acceptors (Lipinski definition) is 5. The van der Waals surface area contributed by atoms with Crippen LogP contribution in [0.25, 0.3) is 5.69 Å². The van der Waals surface area contributed by atoms with E-state index >= 15 is 0 Å². The van der Waals surface area contributed by atoms with Gasteiger partial charge in [-0.05, 0) is 49.2 Å². The number of para-hydroxylation sites is 1. The van der Waals surface area contributed by atoms with Gasteiger partial charge in [0.25, 0.3) is 5.91 Å². The van der Waals surface area contributed by atoms with E-state index in [1.165, 1.54) is 0 Å². The average Bonchev–Trinajstić information content (AvgIpc) is 3.53. The highest BCUT2D eigenvalue weighted by Gasteiger charge is 2.28. The molecule has 7 nitrogen and oxygen atoms in total. The van der Waals surface area contributed by atoms with E-state index in [2.05, 4.69) is 10.4 Å². The summed E-state index contributed by atoms with van der Waals surface area (Å²) in [6.07, 6.45) is 2.20. The van der Waals surface area contributed by atoms with Crippen molar-refractivity contribution in [1.82, 2.24) is 9.78 Å². The van der Waals surface area contributed by atoms with E-state index in [1.54, 1.807) is 28.9 Å². The van der Waals surface area contributed by atoms with Gasteiger partial charge in [0, 0.05) is 17.0 Å². The molecule has 1 aliphatic rings. The van der Waals surface area contributed by atoms with Crippen molar-refractivity contribution in [2.45, 2.75) is 18.8 Å². The Balaban J connectivity index is 1.32. The van der Waals surface area contributed by atoms with Gasteiger partial charge in [-0.3, -0.25) is 4.79 Å². The lowest BCUT2D eigenvalue weighted by atomic mass is 10.3. The first-order valence-corrected chi connectivity index (χ1v) is 9.95. The highest BCUT2D eigenvalue weighted by atomic mass is 35.5. The first kappa shape index (κ1) is 20.0. The van der Waals surface area contributed by atoms with E-state index in [0.29, 0.717) is 22.5 Å². The molecule has 2 aromatic carbocycles. The molecule has 0 aliphatic heterocycles. The normalized spacial score (nSPS) is 13.0. The maximum atomic E-state index is 12.3. The molecular formula is C22H20ClN3O4. The van der Waals surface area contributed by atoms with Crippen LogP contribution in [0, 0.1) is 0 Å². The summed E-state index contributed by atoms with van der Waals surface area (Å²) in [7, 11) is 0. The zero-order valence-electron chi connectivity index (χ0n) is 16.1. The smallest absolute Gasteiger partial charge is 0.344 e. The predicted molar refractivity (Wildman–Crippen MR) is 112 cm³/mol. The average molecular weight is 426 g/mol. The quantitative estimate of drug-likeness (QED) is 0.552. The summed E-state index contributed by atoms with van der Waals surface area (Å²) in [6, 6.07) is 18.0. The highest BCUT2D eigenvalue weighted by molar-refractivity contribution is 6.30. The molecule has 0 saturated heterocycles. The van der Waals surface area contributed by atoms with Crippen LogP contribution in [0.15, 0.2) is 60.7 Å². The molecule has 154 valence electrons. The predicted octanol–water partition coefficient (Wildman–Crippen LogP) is 3.96. The molecule has 1 amide bonds. The molecule has 3 aromatic rings. The molecule has 1 saturated carbocycles. The van der Waals surface area contributed by atoms with Crippen molar-refractivity contribution >= 4 is 29.3 Å². The van der Waals surface area contributed by atoms with Crippen molar-refractivity contribution in [3.05, 3.63) is 71.4 Å². The van der Waals surface area contributed by atoms with Crippen molar-refractivity contribution in [2.75, 3.05) is 18.5 Å². The number of benzene rings is 2. The molecule has 1 fully saturated rings. The monoisotopic (exact) mass is 425 g/mol. The molecule has 8 heteroatoms. The molecule has 0 atom stereocenters. The number of ether oxygens (including phenoxy) is 2. The maximum absolute atomic E-state index is 12.3. The van der Waals surface area contributed by atoms with Crippen molar-refractivity contribution in [3.8, 4) is 11.4 Å². The van der Waals surface area contributed by atoms with Crippen LogP contribution in [0.2, 0.25) is 5.02 Å². The second kappa shape index (κ2) is 9.00. The summed E-state index contributed by atoms with van der Waals surface area (Å²) in [5, 5.41) is 7.97. The van der Waals surface area contributed by atoms with E-state index in [1.807, 2.05) is 36.4 Å². The highest BCUT2D eigenvalue weighted by Crippen LogP contribution is 2.40. The third-order valence-electron chi connectivity index (χ3n) is 4.53. The van der Waals surface area contributed by atoms with Crippen molar-refractivity contribution in [2.24, 2.45) is 0 Å². The largest absolute Gasteiger partial charge is 0.482 e. The van der Waals surface area contributed by atoms with Crippen LogP contribution < -0.4 is 10.1 Å². The van der Waals surface area contributed by atoms with E-state index in [-0.39, 0.29) is 6.61 Å². The van der Waals surface area contributed by atoms with E-state index in [9.17, 15) is 9.59 Å². The number of amides is 1. The molecule has 30 heavy (non-hydrogen) atoms. The Labute approximate surface area is 178 Å². The van der Waals surface area contributed by atoms with Gasteiger partial charge in [-0.25, -0.2) is 9.48 Å². The lowest BCUT2D eigenvalue weighted by Gasteiger charge is -2.10. The van der Waals surface area contributed by atoms with Gasteiger partial charge in [0.1, 0.15) is 11.6 Å². The second-order valence-corrected chi connectivity index (χ2v) is 7.36. The molecule has 0 bridgehead atoms. The molecule has 0 spiro atoms. The molecular weight excluding hydrogens is 406 g/mol. The van der Waals surface area contributed by atoms with Gasteiger partial charge in [0.2, 0.25) is 0 Å². The molecule has 0 unspecified atom stereocenters. The Kier molecular flexibility index (Phi) is 5.99. The topological polar surface area (TPSA) is 82.5 Å². The van der Waals surface area contributed by atoms with Gasteiger partial charge in [-0.15, -0.1) is 0 Å². The van der Waals surface area contributed by atoms with Crippen molar-refractivity contribution < 1.29 is 19.1 Å². The number of rotatable bonds is 8. The Morgan fingerprint density at radius 2 is 1.80 bits per heavy atom. The maximum Gasteiger partial charge on any atom is 0.344 e. The van der Waals surface area contributed by atoms with Crippen LogP contribution in [-0.4, -0.2) is 34.9 Å². The van der Waals surface area contributed by atoms with Crippen molar-refractivity contribution in [3.63, 3.8) is 0 Å². The number of carbonyl (C=O) groups excluding carboxylic acids is 2. The molecule has 1 aliphatic carbocycles. The molecule has 0 radical (unpaired) electrons. The van der Waals surface area contributed by atoms with Crippen LogP contribution in [0.5, 0.6) is 5.75 Å². The minimum atomic E-state index is -0.643. The van der Waals surface area contributed by atoms with Gasteiger partial charge >= 0.3 is 5.97 Å². The number of nitrogens with one attached hydrogen (secondary N) is 1. The van der Waals surface area contributed by atoms with E-state index in [4.69, 9.17) is 21.1 Å². The van der Waals surface area contributed by atoms with Crippen LogP contribution in [0.1, 0.15) is 24.5 Å². The number of carbonyl (C=O) groups is 2. The Bertz CT molecular complexity index is 1030. The van der Waals surface area contributed by atoms with Crippen LogP contribution in [0.4, 0.5) is 5.82 Å². The fourth-order valence-electron chi connectivity index (χ4n) is 2.87. The summed E-state index contributed by atoms with van der Waals surface area (Å²) >= 11 is 5.80. The van der Waals surface area contributed by atoms with Gasteiger partial charge in [-0.1, -0.05) is 29.8 Å². The minimum absolute atomic E-state index is 0.303. The first-order valence-electron chi connectivity index (χ1n) is 9.58. The first-order chi connectivity index (χ1) is 14.6. The molecule has 4 rings (SSSR count). The van der Waals surface area contributed by atoms with Gasteiger partial charge < -0.3 is 14.8 Å². The van der Waals surface area contributed by atoms with Crippen LogP contribution in [0.3, 0.4) is 0 Å². The zero-order valence-corrected chi connectivity index (χ0v) is 16.8. The summed E-state index contributed by atoms with van der Waals surface area (Å²) in [5.74, 6) is 0.375. The number of nitrogens with zero attached hydrogens (tertiary/aromatic N) is 2. The molecule has 1 N–H and O–H groups in total. The molecule has 1 aromatic heterocycles. The number of hydrogen-bond donors (Lipinski definition) is 1. The molecule has 1 heterocycles. The van der Waals surface area contributed by atoms with Gasteiger partial charge in [0.15, 0.2) is 13.2 Å². The van der Waals surface area contributed by atoms with Crippen molar-refractivity contribution in [1.29, 1.82) is 0 Å². The zero-order chi connectivity index (χ0) is 20.9. The van der Waals surface area contributed by atoms with Gasteiger partial charge in [0.05, 0.1) is 11.4 Å². The summed E-state index contributed by atoms with van der Waals surface area (Å²) < 4.78 is 12.0. The lowest BCUT2D eigenvalue weighted by Crippen LogP contribution is -2.24. The second-order valence-electron chi connectivity index (χ2n) is 6.93. The van der Waals surface area contributed by atoms with Gasteiger partial charge in [-0.2, -0.15) is 5.10 Å². The Hall–Kier alpha value is -3.32. The number of esters is 1. The third-order valence-corrected chi connectivity index (χ3v) is 4.78.